The third-order valence-corrected chi connectivity index (χ3v) is 5.32. The number of benzene rings is 1. The Labute approximate surface area is 176 Å². The molecule has 6 nitrogen and oxygen atoms in total. The summed E-state index contributed by atoms with van der Waals surface area (Å²) in [4.78, 5) is 21.0. The number of amides is 1. The molecule has 9 heteroatoms. The van der Waals surface area contributed by atoms with Gasteiger partial charge in [-0.05, 0) is 31.2 Å². The maximum absolute atomic E-state index is 12.4. The molecule has 146 valence electrons. The van der Waals surface area contributed by atoms with E-state index in [2.05, 4.69) is 15.3 Å². The number of pyridine rings is 1. The number of hydrogen-bond acceptors (Lipinski definition) is 6. The predicted octanol–water partition coefficient (Wildman–Crippen LogP) is 5.02. The highest BCUT2D eigenvalue weighted by atomic mass is 35.5. The molecule has 1 amide bonds. The number of nitrogens with one attached hydrogen (secondary N) is 1. The average Bonchev–Trinajstić information content (AvgIpc) is 3.12. The number of ether oxygens (including phenoxy) is 2. The summed E-state index contributed by atoms with van der Waals surface area (Å²) in [7, 11) is 3.15. The molecule has 0 unspecified atom stereocenters. The van der Waals surface area contributed by atoms with Gasteiger partial charge >= 0.3 is 0 Å². The summed E-state index contributed by atoms with van der Waals surface area (Å²) in [6, 6.07) is 7.19. The minimum absolute atomic E-state index is 0.0101. The van der Waals surface area contributed by atoms with Gasteiger partial charge in [0.05, 0.1) is 26.3 Å². The molecular formula is C19H17Cl2N3O3S. The van der Waals surface area contributed by atoms with Crippen LogP contribution in [-0.4, -0.2) is 30.1 Å². The number of aryl methyl sites for hydroxylation is 1. The topological polar surface area (TPSA) is 73.3 Å². The quantitative estimate of drug-likeness (QED) is 0.548. The number of carbonyl (C=O) groups excluding carboxylic acids is 1. The summed E-state index contributed by atoms with van der Waals surface area (Å²) in [5, 5.41) is 5.74. The fourth-order valence-corrected chi connectivity index (χ4v) is 3.96. The number of hydrogen-bond donors (Lipinski definition) is 1. The largest absolute Gasteiger partial charge is 0.493 e. The lowest BCUT2D eigenvalue weighted by molar-refractivity contribution is -0.115. The zero-order valence-corrected chi connectivity index (χ0v) is 17.7. The van der Waals surface area contributed by atoms with Crippen molar-refractivity contribution >= 4 is 45.6 Å². The number of aromatic nitrogens is 2. The first kappa shape index (κ1) is 20.4. The van der Waals surface area contributed by atoms with Gasteiger partial charge in [0.2, 0.25) is 5.91 Å². The summed E-state index contributed by atoms with van der Waals surface area (Å²) >= 11 is 13.6. The van der Waals surface area contributed by atoms with Gasteiger partial charge in [-0.15, -0.1) is 11.3 Å². The molecule has 0 aliphatic rings. The number of methoxy groups -OCH3 is 2. The van der Waals surface area contributed by atoms with Crippen LogP contribution in [0.2, 0.25) is 10.2 Å². The third-order valence-electron chi connectivity index (χ3n) is 3.91. The van der Waals surface area contributed by atoms with E-state index in [1.807, 2.05) is 17.5 Å². The monoisotopic (exact) mass is 437 g/mol. The maximum Gasteiger partial charge on any atom is 0.230 e. The minimum Gasteiger partial charge on any atom is -0.493 e. The third kappa shape index (κ3) is 4.55. The summed E-state index contributed by atoms with van der Waals surface area (Å²) in [6.45, 7) is 1.78. The standard InChI is InChI=1S/C19H17Cl2N3O3S/c1-10-6-13(20)12(18(21)22-10)8-17(25)24-19-23-14(9-28-19)11-4-5-15(26-2)16(7-11)27-3/h4-7,9H,8H2,1-3H3,(H,23,24,25). The van der Waals surface area contributed by atoms with E-state index in [0.717, 1.165) is 5.56 Å². The van der Waals surface area contributed by atoms with Crippen molar-refractivity contribution in [1.29, 1.82) is 0 Å². The van der Waals surface area contributed by atoms with Crippen molar-refractivity contribution in [2.45, 2.75) is 13.3 Å². The molecule has 3 aromatic rings. The van der Waals surface area contributed by atoms with Crippen molar-refractivity contribution in [3.8, 4) is 22.8 Å². The lowest BCUT2D eigenvalue weighted by Crippen LogP contribution is -2.15. The molecule has 0 bridgehead atoms. The van der Waals surface area contributed by atoms with E-state index in [1.165, 1.54) is 11.3 Å². The molecule has 1 aromatic carbocycles. The Balaban J connectivity index is 1.74. The molecule has 1 N–H and O–H groups in total. The van der Waals surface area contributed by atoms with Crippen LogP contribution in [0.4, 0.5) is 5.13 Å². The van der Waals surface area contributed by atoms with Crippen molar-refractivity contribution < 1.29 is 14.3 Å². The Bertz CT molecular complexity index is 1000. The van der Waals surface area contributed by atoms with Gasteiger partial charge in [-0.1, -0.05) is 23.2 Å². The number of nitrogens with zero attached hydrogens (tertiary/aromatic N) is 2. The van der Waals surface area contributed by atoms with Gasteiger partial charge in [0, 0.05) is 27.2 Å². The van der Waals surface area contributed by atoms with E-state index in [0.29, 0.717) is 38.6 Å². The van der Waals surface area contributed by atoms with Gasteiger partial charge in [-0.3, -0.25) is 4.79 Å². The minimum atomic E-state index is -0.275. The van der Waals surface area contributed by atoms with Gasteiger partial charge in [0.25, 0.3) is 0 Å². The fraction of sp³-hybridized carbons (Fsp3) is 0.211. The highest BCUT2D eigenvalue weighted by molar-refractivity contribution is 7.14. The molecule has 28 heavy (non-hydrogen) atoms. The fourth-order valence-electron chi connectivity index (χ4n) is 2.56. The van der Waals surface area contributed by atoms with E-state index in [9.17, 15) is 4.79 Å². The SMILES string of the molecule is COc1ccc(-c2csc(NC(=O)Cc3c(Cl)cc(C)nc3Cl)n2)cc1OC. The lowest BCUT2D eigenvalue weighted by Gasteiger charge is -2.08. The molecular weight excluding hydrogens is 421 g/mol. The Morgan fingerprint density at radius 2 is 1.89 bits per heavy atom. The average molecular weight is 438 g/mol. The molecule has 2 heterocycles. The molecule has 2 aromatic heterocycles. The number of carbonyl (C=O) groups is 1. The molecule has 0 fully saturated rings. The summed E-state index contributed by atoms with van der Waals surface area (Å²) in [5.74, 6) is 0.966. The van der Waals surface area contributed by atoms with Crippen molar-refractivity contribution in [2.75, 3.05) is 19.5 Å². The molecule has 0 atom stereocenters. The van der Waals surface area contributed by atoms with E-state index >= 15 is 0 Å². The molecule has 0 radical (unpaired) electrons. The summed E-state index contributed by atoms with van der Waals surface area (Å²) in [5.41, 5.74) is 2.75. The van der Waals surface area contributed by atoms with Crippen LogP contribution in [-0.2, 0) is 11.2 Å². The summed E-state index contributed by atoms with van der Waals surface area (Å²) in [6.07, 6.45) is 0.0101. The molecule has 3 rings (SSSR count). The first-order chi connectivity index (χ1) is 13.4. The van der Waals surface area contributed by atoms with Crippen LogP contribution in [0.15, 0.2) is 29.6 Å². The molecule has 0 aliphatic carbocycles. The van der Waals surface area contributed by atoms with Crippen molar-refractivity contribution in [1.82, 2.24) is 9.97 Å². The van der Waals surface area contributed by atoms with Crippen LogP contribution in [0.25, 0.3) is 11.3 Å². The normalized spacial score (nSPS) is 10.6. The molecule has 0 saturated heterocycles. The van der Waals surface area contributed by atoms with Gasteiger partial charge in [0.15, 0.2) is 16.6 Å². The van der Waals surface area contributed by atoms with Crippen LogP contribution in [0.5, 0.6) is 11.5 Å². The van der Waals surface area contributed by atoms with Gasteiger partial charge < -0.3 is 14.8 Å². The van der Waals surface area contributed by atoms with Crippen LogP contribution < -0.4 is 14.8 Å². The smallest absolute Gasteiger partial charge is 0.230 e. The Kier molecular flexibility index (Phi) is 6.39. The Morgan fingerprint density at radius 3 is 2.57 bits per heavy atom. The molecule has 0 aliphatic heterocycles. The second kappa shape index (κ2) is 8.77. The van der Waals surface area contributed by atoms with Gasteiger partial charge in [-0.2, -0.15) is 0 Å². The number of rotatable bonds is 6. The Hall–Kier alpha value is -2.35. The zero-order chi connectivity index (χ0) is 20.3. The number of thiazole rings is 1. The van der Waals surface area contributed by atoms with Gasteiger partial charge in [-0.25, -0.2) is 9.97 Å². The molecule has 0 spiro atoms. The van der Waals surface area contributed by atoms with Crippen LogP contribution >= 0.6 is 34.5 Å². The van der Waals surface area contributed by atoms with Crippen molar-refractivity contribution in [3.05, 3.63) is 51.1 Å². The predicted molar refractivity (Wildman–Crippen MR) is 112 cm³/mol. The highest BCUT2D eigenvalue weighted by Crippen LogP contribution is 2.33. The van der Waals surface area contributed by atoms with Gasteiger partial charge in [0.1, 0.15) is 5.15 Å². The second-order valence-corrected chi connectivity index (χ2v) is 7.47. The highest BCUT2D eigenvalue weighted by Gasteiger charge is 2.15. The van der Waals surface area contributed by atoms with Crippen LogP contribution in [0.1, 0.15) is 11.3 Å². The van der Waals surface area contributed by atoms with Crippen LogP contribution in [0.3, 0.4) is 0 Å². The van der Waals surface area contributed by atoms with Crippen molar-refractivity contribution in [3.63, 3.8) is 0 Å². The number of halogens is 2. The van der Waals surface area contributed by atoms with Crippen LogP contribution in [0, 0.1) is 6.92 Å². The Morgan fingerprint density at radius 1 is 1.14 bits per heavy atom. The van der Waals surface area contributed by atoms with E-state index < -0.39 is 0 Å². The first-order valence-corrected chi connectivity index (χ1v) is 9.84. The maximum atomic E-state index is 12.4. The van der Waals surface area contributed by atoms with E-state index in [1.54, 1.807) is 33.3 Å². The second-order valence-electron chi connectivity index (χ2n) is 5.85. The van der Waals surface area contributed by atoms with E-state index in [-0.39, 0.29) is 17.5 Å². The lowest BCUT2D eigenvalue weighted by atomic mass is 10.1. The summed E-state index contributed by atoms with van der Waals surface area (Å²) < 4.78 is 10.6. The van der Waals surface area contributed by atoms with E-state index in [4.69, 9.17) is 32.7 Å². The first-order valence-electron chi connectivity index (χ1n) is 8.20. The van der Waals surface area contributed by atoms with Crippen molar-refractivity contribution in [2.24, 2.45) is 0 Å². The zero-order valence-electron chi connectivity index (χ0n) is 15.4. The number of anilines is 1. The molecule has 0 saturated carbocycles.